The summed E-state index contributed by atoms with van der Waals surface area (Å²) in [6.45, 7) is 0. The van der Waals surface area contributed by atoms with Crippen molar-refractivity contribution < 1.29 is 22.3 Å². The molecule has 6 rings (SSSR count). The number of benzene rings is 2. The predicted octanol–water partition coefficient (Wildman–Crippen LogP) is 4.92. The van der Waals surface area contributed by atoms with Crippen molar-refractivity contribution in [3.8, 4) is 5.75 Å². The normalized spacial score (nSPS) is 15.2. The quantitative estimate of drug-likeness (QED) is 0.415. The van der Waals surface area contributed by atoms with Crippen LogP contribution in [0.15, 0.2) is 54.7 Å². The van der Waals surface area contributed by atoms with E-state index in [1.54, 1.807) is 22.9 Å². The third-order valence-corrected chi connectivity index (χ3v) is 6.17. The highest BCUT2D eigenvalue weighted by molar-refractivity contribution is 5.60. The first-order valence-corrected chi connectivity index (χ1v) is 10.7. The molecule has 1 aliphatic heterocycles. The van der Waals surface area contributed by atoms with Crippen LogP contribution < -0.4 is 15.2 Å². The molecular formula is C26H18F4N2O. The van der Waals surface area contributed by atoms with Gasteiger partial charge in [0.2, 0.25) is 0 Å². The van der Waals surface area contributed by atoms with Crippen LogP contribution in [0, 0.1) is 5.82 Å². The van der Waals surface area contributed by atoms with E-state index in [9.17, 15) is 17.6 Å². The van der Waals surface area contributed by atoms with Gasteiger partial charge in [-0.3, -0.25) is 0 Å². The molecule has 0 saturated heterocycles. The van der Waals surface area contributed by atoms with E-state index in [-0.39, 0.29) is 17.4 Å². The van der Waals surface area contributed by atoms with E-state index < -0.39 is 11.7 Å². The molecule has 1 fully saturated rings. The molecule has 0 spiro atoms. The number of alkyl halides is 3. The van der Waals surface area contributed by atoms with E-state index in [0.29, 0.717) is 12.2 Å². The average Bonchev–Trinajstić information content (AvgIpc) is 3.58. The molecule has 2 aliphatic rings. The summed E-state index contributed by atoms with van der Waals surface area (Å²) in [4.78, 5) is 4.44. The molecule has 4 aromatic rings. The lowest BCUT2D eigenvalue weighted by molar-refractivity contribution is -0.136. The van der Waals surface area contributed by atoms with Crippen LogP contribution in [0.2, 0.25) is 0 Å². The molecule has 1 aliphatic carbocycles. The number of halogens is 4. The fraction of sp³-hybridized carbons (Fsp3) is 0.192. The molecule has 0 atom stereocenters. The molecule has 0 bridgehead atoms. The molecule has 166 valence electrons. The Morgan fingerprint density at radius 1 is 1.03 bits per heavy atom. The highest BCUT2D eigenvalue weighted by Gasteiger charge is 2.36. The minimum Gasteiger partial charge on any atom is -0.464 e. The zero-order chi connectivity index (χ0) is 22.7. The van der Waals surface area contributed by atoms with Gasteiger partial charge in [-0.15, -0.1) is 0 Å². The summed E-state index contributed by atoms with van der Waals surface area (Å²) in [5.41, 5.74) is 2.47. The van der Waals surface area contributed by atoms with Gasteiger partial charge in [0.05, 0.1) is 23.2 Å². The Labute approximate surface area is 186 Å². The van der Waals surface area contributed by atoms with Crippen LogP contribution in [0.3, 0.4) is 0 Å². The molecule has 0 radical (unpaired) electrons. The molecule has 2 aromatic heterocycles. The predicted molar refractivity (Wildman–Crippen MR) is 116 cm³/mol. The minimum absolute atomic E-state index is 0.0441. The number of imidazole rings is 1. The summed E-state index contributed by atoms with van der Waals surface area (Å²) < 4.78 is 61.6. The van der Waals surface area contributed by atoms with Gasteiger partial charge in [0.15, 0.2) is 0 Å². The largest absolute Gasteiger partial charge is 0.464 e. The van der Waals surface area contributed by atoms with Crippen molar-refractivity contribution in [2.24, 2.45) is 0 Å². The Kier molecular flexibility index (Phi) is 4.37. The lowest BCUT2D eigenvalue weighted by Crippen LogP contribution is -2.25. The number of nitrogens with zero attached hydrogens (tertiary/aromatic N) is 2. The second-order valence-corrected chi connectivity index (χ2v) is 8.53. The smallest absolute Gasteiger partial charge is 0.419 e. The van der Waals surface area contributed by atoms with E-state index in [1.165, 1.54) is 18.2 Å². The number of hydrogen-bond acceptors (Lipinski definition) is 2. The molecular weight excluding hydrogens is 432 g/mol. The molecule has 1 saturated carbocycles. The highest BCUT2D eigenvalue weighted by Crippen LogP contribution is 2.43. The van der Waals surface area contributed by atoms with Gasteiger partial charge < -0.3 is 9.14 Å². The monoisotopic (exact) mass is 450 g/mol. The fourth-order valence-electron chi connectivity index (χ4n) is 4.40. The Bertz CT molecular complexity index is 1530. The van der Waals surface area contributed by atoms with Gasteiger partial charge in [0, 0.05) is 35.4 Å². The molecule has 0 amide bonds. The standard InChI is InChI=1S/C26H18F4N2O/c27-20-8-7-18-12-17-4-3-15(10-19(17)14-33-23(18)13-20)11-22-24(16-5-6-16)31-25-21(26(28,29)30)2-1-9-32(22)25/h1-4,7-10,12-14,16H,5-6,11H2. The van der Waals surface area contributed by atoms with Crippen LogP contribution in [0.1, 0.15) is 46.8 Å². The number of rotatable bonds is 3. The van der Waals surface area contributed by atoms with Gasteiger partial charge in [-0.25, -0.2) is 9.37 Å². The maximum Gasteiger partial charge on any atom is 0.419 e. The maximum atomic E-state index is 13.6. The molecule has 3 nitrogen and oxygen atoms in total. The van der Waals surface area contributed by atoms with Gasteiger partial charge in [0.25, 0.3) is 0 Å². The SMILES string of the molecule is Fc1ccc2c(c1)OC=c1cc(Cc3c(C4CC4)nc4c(C(F)(F)F)cccn34)ccc1=C2. The van der Waals surface area contributed by atoms with Crippen LogP contribution in [-0.4, -0.2) is 9.38 Å². The maximum absolute atomic E-state index is 13.6. The third-order valence-electron chi connectivity index (χ3n) is 6.17. The molecule has 2 aromatic carbocycles. The Hall–Kier alpha value is -3.61. The first kappa shape index (κ1) is 20.0. The molecule has 7 heteroatoms. The van der Waals surface area contributed by atoms with E-state index in [2.05, 4.69) is 4.98 Å². The number of pyridine rings is 1. The Morgan fingerprint density at radius 2 is 1.88 bits per heavy atom. The molecule has 0 N–H and O–H groups in total. The van der Waals surface area contributed by atoms with Crippen molar-refractivity contribution in [3.05, 3.63) is 99.1 Å². The summed E-state index contributed by atoms with van der Waals surface area (Å²) in [6, 6.07) is 12.8. The van der Waals surface area contributed by atoms with Crippen LogP contribution in [0.4, 0.5) is 17.6 Å². The third kappa shape index (κ3) is 3.57. The van der Waals surface area contributed by atoms with Crippen molar-refractivity contribution in [1.82, 2.24) is 9.38 Å². The lowest BCUT2D eigenvalue weighted by Gasteiger charge is -2.09. The van der Waals surface area contributed by atoms with Crippen LogP contribution in [0.5, 0.6) is 5.75 Å². The van der Waals surface area contributed by atoms with Crippen molar-refractivity contribution >= 4 is 18.0 Å². The van der Waals surface area contributed by atoms with E-state index in [1.807, 2.05) is 24.3 Å². The lowest BCUT2D eigenvalue weighted by atomic mass is 10.0. The van der Waals surface area contributed by atoms with Crippen molar-refractivity contribution in [3.63, 3.8) is 0 Å². The molecule has 3 heterocycles. The van der Waals surface area contributed by atoms with E-state index in [4.69, 9.17) is 4.74 Å². The van der Waals surface area contributed by atoms with Gasteiger partial charge >= 0.3 is 6.18 Å². The summed E-state index contributed by atoms with van der Waals surface area (Å²) in [7, 11) is 0. The van der Waals surface area contributed by atoms with Crippen LogP contribution in [-0.2, 0) is 12.6 Å². The Morgan fingerprint density at radius 3 is 2.67 bits per heavy atom. The van der Waals surface area contributed by atoms with Crippen LogP contribution in [0.25, 0.3) is 18.0 Å². The molecule has 0 unspecified atom stereocenters. The number of ether oxygens (including phenoxy) is 1. The van der Waals surface area contributed by atoms with Crippen molar-refractivity contribution in [2.45, 2.75) is 31.4 Å². The minimum atomic E-state index is -4.47. The highest BCUT2D eigenvalue weighted by atomic mass is 19.4. The number of aromatic nitrogens is 2. The summed E-state index contributed by atoms with van der Waals surface area (Å²) in [5, 5.41) is 1.74. The van der Waals surface area contributed by atoms with Gasteiger partial charge in [-0.1, -0.05) is 12.1 Å². The number of hydrogen-bond donors (Lipinski definition) is 0. The first-order chi connectivity index (χ1) is 15.9. The van der Waals surface area contributed by atoms with Crippen LogP contribution >= 0.6 is 0 Å². The van der Waals surface area contributed by atoms with Gasteiger partial charge in [0.1, 0.15) is 17.2 Å². The first-order valence-electron chi connectivity index (χ1n) is 10.7. The zero-order valence-electron chi connectivity index (χ0n) is 17.4. The van der Waals surface area contributed by atoms with Crippen molar-refractivity contribution in [1.29, 1.82) is 0 Å². The van der Waals surface area contributed by atoms with Gasteiger partial charge in [-0.05, 0) is 60.0 Å². The van der Waals surface area contributed by atoms with Crippen molar-refractivity contribution in [2.75, 3.05) is 0 Å². The molecule has 33 heavy (non-hydrogen) atoms. The summed E-state index contributed by atoms with van der Waals surface area (Å²) in [6.07, 6.45) is 3.01. The summed E-state index contributed by atoms with van der Waals surface area (Å²) >= 11 is 0. The second-order valence-electron chi connectivity index (χ2n) is 8.53. The zero-order valence-corrected chi connectivity index (χ0v) is 17.4. The van der Waals surface area contributed by atoms with E-state index >= 15 is 0 Å². The van der Waals surface area contributed by atoms with Gasteiger partial charge in [-0.2, -0.15) is 13.2 Å². The topological polar surface area (TPSA) is 26.5 Å². The summed E-state index contributed by atoms with van der Waals surface area (Å²) in [5.74, 6) is 0.264. The fourth-order valence-corrected chi connectivity index (χ4v) is 4.40. The second kappa shape index (κ2) is 7.20. The number of fused-ring (bicyclic) bond motifs is 3. The average molecular weight is 450 g/mol. The Balaban J connectivity index is 1.44. The van der Waals surface area contributed by atoms with E-state index in [0.717, 1.165) is 51.9 Å².